The number of aryl methyl sites for hydroxylation is 1. The van der Waals surface area contributed by atoms with Crippen molar-refractivity contribution in [2.45, 2.75) is 19.0 Å². The molecule has 1 aliphatic rings. The largest absolute Gasteiger partial charge is 0.465 e. The number of carbonyl (C=O) groups excluding carboxylic acids is 1. The second-order valence-electron chi connectivity index (χ2n) is 9.14. The molecular formula is C28H26N4O5S2. The van der Waals surface area contributed by atoms with Crippen LogP contribution >= 0.6 is 12.2 Å². The molecule has 39 heavy (non-hydrogen) atoms. The zero-order valence-electron chi connectivity index (χ0n) is 21.4. The summed E-state index contributed by atoms with van der Waals surface area (Å²) >= 11 is 5.78. The number of methoxy groups -OCH3 is 1. The normalized spacial score (nSPS) is 17.1. The third kappa shape index (κ3) is 5.50. The lowest BCUT2D eigenvalue weighted by molar-refractivity contribution is 0.0600. The van der Waals surface area contributed by atoms with Crippen LogP contribution in [-0.2, 0) is 14.8 Å². The topological polar surface area (TPSA) is 114 Å². The number of hydrogen-bond donors (Lipinski definition) is 2. The van der Waals surface area contributed by atoms with Gasteiger partial charge in [0, 0.05) is 17.4 Å². The smallest absolute Gasteiger partial charge is 0.337 e. The van der Waals surface area contributed by atoms with Gasteiger partial charge in [0.1, 0.15) is 17.6 Å². The highest BCUT2D eigenvalue weighted by Gasteiger charge is 2.42. The lowest BCUT2D eigenvalue weighted by atomic mass is 10.0. The molecule has 2 aromatic carbocycles. The van der Waals surface area contributed by atoms with Crippen LogP contribution in [0, 0.1) is 6.92 Å². The Morgan fingerprint density at radius 2 is 1.87 bits per heavy atom. The fraction of sp³-hybridized carbons (Fsp3) is 0.179. The summed E-state index contributed by atoms with van der Waals surface area (Å²) in [6.45, 7) is 1.83. The van der Waals surface area contributed by atoms with Crippen molar-refractivity contribution < 1.29 is 22.4 Å². The van der Waals surface area contributed by atoms with Crippen LogP contribution in [0.5, 0.6) is 0 Å². The average Bonchev–Trinajstić information content (AvgIpc) is 3.54. The van der Waals surface area contributed by atoms with Crippen molar-refractivity contribution in [3.05, 3.63) is 102 Å². The number of anilines is 2. The van der Waals surface area contributed by atoms with Crippen molar-refractivity contribution in [2.24, 2.45) is 0 Å². The van der Waals surface area contributed by atoms with Gasteiger partial charge in [0.15, 0.2) is 5.11 Å². The van der Waals surface area contributed by atoms with E-state index < -0.39 is 16.0 Å². The van der Waals surface area contributed by atoms with Gasteiger partial charge in [-0.1, -0.05) is 18.2 Å². The van der Waals surface area contributed by atoms with Crippen LogP contribution in [0.1, 0.15) is 39.5 Å². The molecule has 0 unspecified atom stereocenters. The van der Waals surface area contributed by atoms with Gasteiger partial charge in [0.25, 0.3) is 0 Å². The maximum atomic E-state index is 11.8. The van der Waals surface area contributed by atoms with Gasteiger partial charge in [-0.15, -0.1) is 0 Å². The maximum absolute atomic E-state index is 11.8. The number of aromatic nitrogens is 1. The summed E-state index contributed by atoms with van der Waals surface area (Å²) in [5.41, 5.74) is 4.05. The fourth-order valence-electron chi connectivity index (χ4n) is 4.59. The van der Waals surface area contributed by atoms with Crippen LogP contribution in [0.4, 0.5) is 11.4 Å². The van der Waals surface area contributed by atoms with Gasteiger partial charge in [0.05, 0.1) is 36.4 Å². The Morgan fingerprint density at radius 3 is 2.51 bits per heavy atom. The highest BCUT2D eigenvalue weighted by Crippen LogP contribution is 2.43. The zero-order valence-corrected chi connectivity index (χ0v) is 23.0. The van der Waals surface area contributed by atoms with Crippen LogP contribution in [0.3, 0.4) is 0 Å². The van der Waals surface area contributed by atoms with Crippen molar-refractivity contribution in [1.29, 1.82) is 0 Å². The van der Waals surface area contributed by atoms with Gasteiger partial charge < -0.3 is 19.4 Å². The first-order valence-electron chi connectivity index (χ1n) is 12.0. The predicted molar refractivity (Wildman–Crippen MR) is 153 cm³/mol. The van der Waals surface area contributed by atoms with Crippen molar-refractivity contribution in [1.82, 2.24) is 10.3 Å². The number of carbonyl (C=O) groups is 1. The standard InChI is InChI=1S/C28H26N4O5S2/c1-17-16-20(11-12-21(17)31-39(3,34)35)32-26(25(30-28(32)38)22-6-4-5-15-29-22)24-14-13-23(37-24)18-7-9-19(10-8-18)27(33)36-2/h4-16,25-26,31H,1-3H3,(H,30,38)/t25-,26-/m0/s1. The minimum absolute atomic E-state index is 0.312. The molecule has 11 heteroatoms. The highest BCUT2D eigenvalue weighted by molar-refractivity contribution is 7.92. The quantitative estimate of drug-likeness (QED) is 0.238. The van der Waals surface area contributed by atoms with Gasteiger partial charge in [0.2, 0.25) is 10.0 Å². The molecule has 3 heterocycles. The Morgan fingerprint density at radius 1 is 1.10 bits per heavy atom. The summed E-state index contributed by atoms with van der Waals surface area (Å²) in [4.78, 5) is 18.3. The molecule has 4 aromatic rings. The van der Waals surface area contributed by atoms with Crippen LogP contribution < -0.4 is 14.9 Å². The molecule has 0 saturated carbocycles. The monoisotopic (exact) mass is 562 g/mol. The van der Waals surface area contributed by atoms with Crippen molar-refractivity contribution in [2.75, 3.05) is 23.0 Å². The van der Waals surface area contributed by atoms with Crippen LogP contribution in [0.25, 0.3) is 11.3 Å². The molecular weight excluding hydrogens is 536 g/mol. The van der Waals surface area contributed by atoms with E-state index in [1.165, 1.54) is 7.11 Å². The molecule has 1 aliphatic heterocycles. The number of nitrogens with zero attached hydrogens (tertiary/aromatic N) is 2. The minimum atomic E-state index is -3.42. The molecule has 5 rings (SSSR count). The number of thiocarbonyl (C=S) groups is 1. The van der Waals surface area contributed by atoms with Crippen LogP contribution in [0.15, 0.2) is 83.4 Å². The number of esters is 1. The molecule has 2 aromatic heterocycles. The van der Waals surface area contributed by atoms with E-state index in [9.17, 15) is 13.2 Å². The molecule has 0 bridgehead atoms. The first-order chi connectivity index (χ1) is 18.6. The van der Waals surface area contributed by atoms with E-state index in [1.54, 1.807) is 36.5 Å². The van der Waals surface area contributed by atoms with Gasteiger partial charge in [-0.2, -0.15) is 0 Å². The van der Waals surface area contributed by atoms with Crippen molar-refractivity contribution in [3.63, 3.8) is 0 Å². The molecule has 0 spiro atoms. The Kier molecular flexibility index (Phi) is 7.11. The van der Waals surface area contributed by atoms with E-state index in [2.05, 4.69) is 15.0 Å². The minimum Gasteiger partial charge on any atom is -0.465 e. The third-order valence-electron chi connectivity index (χ3n) is 6.39. The Bertz CT molecular complexity index is 1640. The van der Waals surface area contributed by atoms with Crippen LogP contribution in [-0.4, -0.2) is 37.8 Å². The van der Waals surface area contributed by atoms with Gasteiger partial charge in [-0.25, -0.2) is 13.2 Å². The molecule has 2 atom stereocenters. The summed E-state index contributed by atoms with van der Waals surface area (Å²) in [6.07, 6.45) is 2.84. The maximum Gasteiger partial charge on any atom is 0.337 e. The summed E-state index contributed by atoms with van der Waals surface area (Å²) in [5, 5.41) is 3.87. The molecule has 2 N–H and O–H groups in total. The first-order valence-corrected chi connectivity index (χ1v) is 14.3. The molecule has 1 saturated heterocycles. The SMILES string of the molecule is COC(=O)c1ccc(-c2ccc([C@H]3[C@H](c4ccccn4)NC(=S)N3c3ccc(NS(C)(=O)=O)c(C)c3)o2)cc1. The van der Waals surface area contributed by atoms with Gasteiger partial charge in [-0.05, 0) is 79.3 Å². The van der Waals surface area contributed by atoms with E-state index in [-0.39, 0.29) is 12.1 Å². The summed E-state index contributed by atoms with van der Waals surface area (Å²) < 4.78 is 37.2. The Hall–Kier alpha value is -4.22. The summed E-state index contributed by atoms with van der Waals surface area (Å²) in [7, 11) is -2.08. The van der Waals surface area contributed by atoms with Crippen molar-refractivity contribution >= 4 is 44.7 Å². The third-order valence-corrected chi connectivity index (χ3v) is 7.30. The number of nitrogens with one attached hydrogen (secondary N) is 2. The molecule has 200 valence electrons. The summed E-state index contributed by atoms with van der Waals surface area (Å²) in [6, 6.07) is 21.2. The highest BCUT2D eigenvalue weighted by atomic mass is 32.2. The molecule has 0 amide bonds. The summed E-state index contributed by atoms with van der Waals surface area (Å²) in [5.74, 6) is 0.873. The second-order valence-corrected chi connectivity index (χ2v) is 11.3. The number of sulfonamides is 1. The Labute approximate surface area is 231 Å². The van der Waals surface area contributed by atoms with Gasteiger partial charge in [-0.3, -0.25) is 9.71 Å². The van der Waals surface area contributed by atoms with Crippen LogP contribution in [0.2, 0.25) is 0 Å². The fourth-order valence-corrected chi connectivity index (χ4v) is 5.56. The average molecular weight is 563 g/mol. The van der Waals surface area contributed by atoms with E-state index in [0.717, 1.165) is 28.8 Å². The second kappa shape index (κ2) is 10.5. The predicted octanol–water partition coefficient (Wildman–Crippen LogP) is 4.99. The van der Waals surface area contributed by atoms with E-state index in [0.29, 0.717) is 27.9 Å². The molecule has 1 fully saturated rings. The number of furan rings is 1. The molecule has 0 aliphatic carbocycles. The molecule has 0 radical (unpaired) electrons. The van der Waals surface area contributed by atoms with E-state index in [4.69, 9.17) is 21.4 Å². The zero-order chi connectivity index (χ0) is 27.7. The first kappa shape index (κ1) is 26.4. The van der Waals surface area contributed by atoms with E-state index >= 15 is 0 Å². The molecule has 9 nitrogen and oxygen atoms in total. The number of pyridine rings is 1. The number of rotatable bonds is 7. The number of benzene rings is 2. The van der Waals surface area contributed by atoms with Gasteiger partial charge >= 0.3 is 5.97 Å². The number of hydrogen-bond acceptors (Lipinski definition) is 7. The lowest BCUT2D eigenvalue weighted by Gasteiger charge is -2.26. The number of ether oxygens (including phenoxy) is 1. The lowest BCUT2D eigenvalue weighted by Crippen LogP contribution is -2.29. The van der Waals surface area contributed by atoms with Crippen molar-refractivity contribution in [3.8, 4) is 11.3 Å². The van der Waals surface area contributed by atoms with E-state index in [1.807, 2.05) is 54.3 Å². The Balaban J connectivity index is 1.54.